The molecule has 0 aliphatic rings. The van der Waals surface area contributed by atoms with Crippen molar-refractivity contribution in [3.05, 3.63) is 46.9 Å². The van der Waals surface area contributed by atoms with E-state index in [1.54, 1.807) is 7.05 Å². The van der Waals surface area contributed by atoms with Crippen LogP contribution in [0.4, 0.5) is 16.2 Å². The standard InChI is InChI=1S/C13H14ClFN4/c1-16-13-18-8-11(15)12(19-13)17-7-6-9-2-4-10(14)5-3-9/h2-5,8H,6-7H2,1H3,(H2,16,17,18,19). The lowest BCUT2D eigenvalue weighted by molar-refractivity contribution is 0.617. The van der Waals surface area contributed by atoms with Crippen LogP contribution in [0.1, 0.15) is 5.56 Å². The minimum atomic E-state index is -0.463. The summed E-state index contributed by atoms with van der Waals surface area (Å²) in [5.74, 6) is 0.124. The molecular weight excluding hydrogens is 267 g/mol. The first-order valence-corrected chi connectivity index (χ1v) is 6.25. The molecule has 0 bridgehead atoms. The monoisotopic (exact) mass is 280 g/mol. The van der Waals surface area contributed by atoms with Crippen LogP contribution in [0.15, 0.2) is 30.5 Å². The molecule has 2 N–H and O–H groups in total. The smallest absolute Gasteiger partial charge is 0.224 e. The molecule has 0 saturated heterocycles. The molecule has 4 nitrogen and oxygen atoms in total. The highest BCUT2D eigenvalue weighted by Gasteiger charge is 2.05. The third-order valence-corrected chi connectivity index (χ3v) is 2.84. The zero-order chi connectivity index (χ0) is 13.7. The highest BCUT2D eigenvalue weighted by Crippen LogP contribution is 2.13. The fraction of sp³-hybridized carbons (Fsp3) is 0.231. The van der Waals surface area contributed by atoms with Gasteiger partial charge in [-0.15, -0.1) is 0 Å². The maximum Gasteiger partial charge on any atom is 0.224 e. The Kier molecular flexibility index (Phi) is 4.52. The molecule has 1 aromatic carbocycles. The molecule has 0 aliphatic heterocycles. The van der Waals surface area contributed by atoms with E-state index in [-0.39, 0.29) is 5.82 Å². The van der Waals surface area contributed by atoms with Gasteiger partial charge < -0.3 is 10.6 Å². The van der Waals surface area contributed by atoms with E-state index in [2.05, 4.69) is 20.6 Å². The Morgan fingerprint density at radius 1 is 1.26 bits per heavy atom. The number of aromatic nitrogens is 2. The molecule has 0 radical (unpaired) electrons. The molecule has 0 fully saturated rings. The number of nitrogens with zero attached hydrogens (tertiary/aromatic N) is 2. The molecule has 0 amide bonds. The first-order valence-electron chi connectivity index (χ1n) is 5.87. The molecule has 0 atom stereocenters. The topological polar surface area (TPSA) is 49.8 Å². The summed E-state index contributed by atoms with van der Waals surface area (Å²) >= 11 is 5.81. The summed E-state index contributed by atoms with van der Waals surface area (Å²) in [6.07, 6.45) is 1.90. The van der Waals surface area contributed by atoms with Crippen LogP contribution in [0, 0.1) is 5.82 Å². The Bertz CT molecular complexity index is 545. The molecule has 0 unspecified atom stereocenters. The summed E-state index contributed by atoms with van der Waals surface area (Å²) < 4.78 is 13.5. The van der Waals surface area contributed by atoms with Crippen molar-refractivity contribution in [2.75, 3.05) is 24.2 Å². The average Bonchev–Trinajstić information content (AvgIpc) is 2.43. The van der Waals surface area contributed by atoms with Crippen LogP contribution in [-0.2, 0) is 6.42 Å². The fourth-order valence-corrected chi connectivity index (χ4v) is 1.71. The van der Waals surface area contributed by atoms with Gasteiger partial charge in [-0.2, -0.15) is 4.98 Å². The van der Waals surface area contributed by atoms with Crippen molar-refractivity contribution >= 4 is 23.4 Å². The van der Waals surface area contributed by atoms with Gasteiger partial charge in [0.15, 0.2) is 11.6 Å². The number of halogens is 2. The molecule has 1 aromatic heterocycles. The maximum atomic E-state index is 13.5. The van der Waals surface area contributed by atoms with E-state index in [0.29, 0.717) is 17.5 Å². The summed E-state index contributed by atoms with van der Waals surface area (Å²) in [5.41, 5.74) is 1.13. The van der Waals surface area contributed by atoms with Crippen LogP contribution < -0.4 is 10.6 Å². The molecule has 6 heteroatoms. The van der Waals surface area contributed by atoms with Gasteiger partial charge in [0.2, 0.25) is 5.95 Å². The number of hydrogen-bond acceptors (Lipinski definition) is 4. The largest absolute Gasteiger partial charge is 0.367 e. The number of rotatable bonds is 5. The molecule has 0 saturated carbocycles. The summed E-state index contributed by atoms with van der Waals surface area (Å²) in [6.45, 7) is 0.582. The Morgan fingerprint density at radius 2 is 2.00 bits per heavy atom. The van der Waals surface area contributed by atoms with Crippen LogP contribution >= 0.6 is 11.6 Å². The predicted molar refractivity (Wildman–Crippen MR) is 75.2 cm³/mol. The Hall–Kier alpha value is -1.88. The van der Waals surface area contributed by atoms with E-state index in [0.717, 1.165) is 18.2 Å². The highest BCUT2D eigenvalue weighted by atomic mass is 35.5. The molecule has 2 aromatic rings. The Morgan fingerprint density at radius 3 is 2.68 bits per heavy atom. The van der Waals surface area contributed by atoms with E-state index in [1.165, 1.54) is 0 Å². The van der Waals surface area contributed by atoms with Crippen molar-refractivity contribution in [1.82, 2.24) is 9.97 Å². The second-order valence-electron chi connectivity index (χ2n) is 3.94. The van der Waals surface area contributed by atoms with Gasteiger partial charge in [0.1, 0.15) is 0 Å². The van der Waals surface area contributed by atoms with Crippen molar-refractivity contribution in [3.63, 3.8) is 0 Å². The maximum absolute atomic E-state index is 13.5. The zero-order valence-electron chi connectivity index (χ0n) is 10.5. The Balaban J connectivity index is 1.93. The summed E-state index contributed by atoms with van der Waals surface area (Å²) in [6, 6.07) is 7.56. The first-order chi connectivity index (χ1) is 9.19. The van der Waals surface area contributed by atoms with Gasteiger partial charge in [-0.05, 0) is 24.1 Å². The highest BCUT2D eigenvalue weighted by molar-refractivity contribution is 6.30. The van der Waals surface area contributed by atoms with Crippen LogP contribution in [0.25, 0.3) is 0 Å². The van der Waals surface area contributed by atoms with Crippen molar-refractivity contribution < 1.29 is 4.39 Å². The van der Waals surface area contributed by atoms with E-state index >= 15 is 0 Å². The molecule has 0 spiro atoms. The SMILES string of the molecule is CNc1ncc(F)c(NCCc2ccc(Cl)cc2)n1. The normalized spacial score (nSPS) is 10.3. The molecule has 0 aliphatic carbocycles. The molecular formula is C13H14ClFN4. The minimum absolute atomic E-state index is 0.202. The van der Waals surface area contributed by atoms with Crippen LogP contribution in [0.5, 0.6) is 0 Å². The van der Waals surface area contributed by atoms with Gasteiger partial charge in [-0.3, -0.25) is 0 Å². The van der Waals surface area contributed by atoms with Crippen molar-refractivity contribution in [2.24, 2.45) is 0 Å². The van der Waals surface area contributed by atoms with Gasteiger partial charge >= 0.3 is 0 Å². The van der Waals surface area contributed by atoms with Gasteiger partial charge in [0.25, 0.3) is 0 Å². The Labute approximate surface area is 116 Å². The summed E-state index contributed by atoms with van der Waals surface area (Å²) in [7, 11) is 1.69. The second kappa shape index (κ2) is 6.33. The fourth-order valence-electron chi connectivity index (χ4n) is 1.59. The lowest BCUT2D eigenvalue weighted by Gasteiger charge is -2.08. The number of benzene rings is 1. The lowest BCUT2D eigenvalue weighted by atomic mass is 10.1. The van der Waals surface area contributed by atoms with Gasteiger partial charge in [0, 0.05) is 18.6 Å². The molecule has 100 valence electrons. The molecule has 2 rings (SSSR count). The number of anilines is 2. The zero-order valence-corrected chi connectivity index (χ0v) is 11.2. The predicted octanol–water partition coefficient (Wildman–Crippen LogP) is 2.97. The van der Waals surface area contributed by atoms with Crippen LogP contribution in [0.3, 0.4) is 0 Å². The van der Waals surface area contributed by atoms with Gasteiger partial charge in [-0.1, -0.05) is 23.7 Å². The second-order valence-corrected chi connectivity index (χ2v) is 4.38. The van der Waals surface area contributed by atoms with Crippen LogP contribution in [-0.4, -0.2) is 23.6 Å². The quantitative estimate of drug-likeness (QED) is 0.884. The van der Waals surface area contributed by atoms with Gasteiger partial charge in [-0.25, -0.2) is 9.37 Å². The summed E-state index contributed by atoms with van der Waals surface area (Å²) in [4.78, 5) is 7.79. The number of nitrogens with one attached hydrogen (secondary N) is 2. The third kappa shape index (κ3) is 3.79. The van der Waals surface area contributed by atoms with Crippen molar-refractivity contribution in [1.29, 1.82) is 0 Å². The molecule has 19 heavy (non-hydrogen) atoms. The summed E-state index contributed by atoms with van der Waals surface area (Å²) in [5, 5.41) is 6.42. The van der Waals surface area contributed by atoms with E-state index < -0.39 is 5.82 Å². The van der Waals surface area contributed by atoms with E-state index in [4.69, 9.17) is 11.6 Å². The van der Waals surface area contributed by atoms with E-state index in [1.807, 2.05) is 24.3 Å². The molecule has 1 heterocycles. The third-order valence-electron chi connectivity index (χ3n) is 2.59. The number of hydrogen-bond donors (Lipinski definition) is 2. The average molecular weight is 281 g/mol. The minimum Gasteiger partial charge on any atom is -0.367 e. The van der Waals surface area contributed by atoms with E-state index in [9.17, 15) is 4.39 Å². The van der Waals surface area contributed by atoms with Crippen molar-refractivity contribution in [3.8, 4) is 0 Å². The first kappa shape index (κ1) is 13.5. The van der Waals surface area contributed by atoms with Crippen LogP contribution in [0.2, 0.25) is 5.02 Å². The van der Waals surface area contributed by atoms with Gasteiger partial charge in [0.05, 0.1) is 6.20 Å². The lowest BCUT2D eigenvalue weighted by Crippen LogP contribution is -2.09. The van der Waals surface area contributed by atoms with Crippen molar-refractivity contribution in [2.45, 2.75) is 6.42 Å².